The molecule has 1 aromatic rings. The Morgan fingerprint density at radius 3 is 2.76 bits per heavy atom. The second-order valence-corrected chi connectivity index (χ2v) is 14.3. The molecule has 2 atom stereocenters. The molecule has 2 aliphatic heterocycles. The van der Waals surface area contributed by atoms with Crippen molar-refractivity contribution in [3.63, 3.8) is 0 Å². The van der Waals surface area contributed by atoms with Gasteiger partial charge in [-0.3, -0.25) is 9.69 Å². The van der Waals surface area contributed by atoms with Crippen LogP contribution in [0.4, 0.5) is 16.2 Å². The van der Waals surface area contributed by atoms with Crippen LogP contribution in [0.5, 0.6) is 0 Å². The Balaban J connectivity index is 1.61. The largest absolute Gasteiger partial charge is 0.442 e. The SMILES string of the molecule is CC(=O)NC[C@H]1CN(c2ccc3c(c2)CC(CO[Si](C)(C)C(C)(C)C)N3)C(=O)O1. The smallest absolute Gasteiger partial charge is 0.414 e. The van der Waals surface area contributed by atoms with Gasteiger partial charge in [0.2, 0.25) is 5.91 Å². The number of cyclic esters (lactones) is 1. The number of hydrogen-bond donors (Lipinski definition) is 2. The second-order valence-electron chi connectivity index (χ2n) is 9.51. The second kappa shape index (κ2) is 7.99. The monoisotopic (exact) mass is 419 g/mol. The van der Waals surface area contributed by atoms with E-state index < -0.39 is 8.32 Å². The van der Waals surface area contributed by atoms with Crippen molar-refractivity contribution < 1.29 is 18.8 Å². The molecule has 0 spiro atoms. The normalized spacial score (nSPS) is 21.6. The van der Waals surface area contributed by atoms with Crippen molar-refractivity contribution >= 4 is 31.7 Å². The van der Waals surface area contributed by atoms with E-state index in [1.54, 1.807) is 4.90 Å². The van der Waals surface area contributed by atoms with Gasteiger partial charge >= 0.3 is 6.09 Å². The first-order chi connectivity index (χ1) is 13.5. The van der Waals surface area contributed by atoms with Gasteiger partial charge in [0, 0.05) is 18.3 Å². The molecule has 0 aliphatic carbocycles. The zero-order valence-electron chi connectivity index (χ0n) is 18.3. The number of anilines is 2. The lowest BCUT2D eigenvalue weighted by Gasteiger charge is -2.37. The van der Waals surface area contributed by atoms with Crippen LogP contribution < -0.4 is 15.5 Å². The van der Waals surface area contributed by atoms with Crippen LogP contribution in [0.1, 0.15) is 33.3 Å². The number of rotatable bonds is 6. The lowest BCUT2D eigenvalue weighted by molar-refractivity contribution is -0.119. The maximum atomic E-state index is 12.3. The standard InChI is InChI=1S/C21H33N3O4Si/c1-14(25)22-11-18-12-24(20(26)28-18)17-7-8-19-15(10-17)9-16(23-19)13-27-29(5,6)21(2,3)4/h7-8,10,16,18,23H,9,11-13H2,1-6H3,(H,22,25)/t16?,18-/m0/s1. The Morgan fingerprint density at radius 1 is 1.38 bits per heavy atom. The Kier molecular flexibility index (Phi) is 5.96. The quantitative estimate of drug-likeness (QED) is 0.690. The van der Waals surface area contributed by atoms with Crippen LogP contribution in [0, 0.1) is 0 Å². The Hall–Kier alpha value is -2.06. The van der Waals surface area contributed by atoms with E-state index in [4.69, 9.17) is 9.16 Å². The fraction of sp³-hybridized carbons (Fsp3) is 0.619. The molecule has 29 heavy (non-hydrogen) atoms. The number of benzene rings is 1. The van der Waals surface area contributed by atoms with E-state index in [1.165, 1.54) is 12.5 Å². The summed E-state index contributed by atoms with van der Waals surface area (Å²) >= 11 is 0. The van der Waals surface area contributed by atoms with Crippen molar-refractivity contribution in [3.8, 4) is 0 Å². The highest BCUT2D eigenvalue weighted by molar-refractivity contribution is 6.74. The van der Waals surface area contributed by atoms with Crippen molar-refractivity contribution in [2.75, 3.05) is 29.9 Å². The zero-order valence-corrected chi connectivity index (χ0v) is 19.3. The van der Waals surface area contributed by atoms with Crippen molar-refractivity contribution in [3.05, 3.63) is 23.8 Å². The average Bonchev–Trinajstić information content (AvgIpc) is 3.19. The summed E-state index contributed by atoms with van der Waals surface area (Å²) in [4.78, 5) is 25.0. The topological polar surface area (TPSA) is 79.9 Å². The van der Waals surface area contributed by atoms with E-state index in [9.17, 15) is 9.59 Å². The van der Waals surface area contributed by atoms with E-state index in [2.05, 4.69) is 50.6 Å². The van der Waals surface area contributed by atoms with Crippen molar-refractivity contribution in [2.45, 2.75) is 64.4 Å². The predicted octanol–water partition coefficient (Wildman–Crippen LogP) is 3.51. The molecule has 8 heteroatoms. The maximum absolute atomic E-state index is 12.3. The highest BCUT2D eigenvalue weighted by atomic mass is 28.4. The Labute approximate surface area is 174 Å². The zero-order chi connectivity index (χ0) is 21.4. The first-order valence-corrected chi connectivity index (χ1v) is 13.1. The molecular formula is C21H33N3O4Si. The summed E-state index contributed by atoms with van der Waals surface area (Å²) in [7, 11) is -1.78. The summed E-state index contributed by atoms with van der Waals surface area (Å²) in [5, 5.41) is 6.43. The molecule has 0 aromatic heterocycles. The molecule has 3 rings (SSSR count). The van der Waals surface area contributed by atoms with Crippen molar-refractivity contribution in [1.82, 2.24) is 5.32 Å². The van der Waals surface area contributed by atoms with E-state index in [-0.39, 0.29) is 29.2 Å². The number of nitrogens with one attached hydrogen (secondary N) is 2. The molecule has 160 valence electrons. The van der Waals surface area contributed by atoms with Gasteiger partial charge < -0.3 is 19.8 Å². The number of carbonyl (C=O) groups is 2. The molecule has 1 unspecified atom stereocenters. The third-order valence-electron chi connectivity index (χ3n) is 6.13. The molecule has 0 bridgehead atoms. The number of hydrogen-bond acceptors (Lipinski definition) is 5. The summed E-state index contributed by atoms with van der Waals surface area (Å²) in [5.41, 5.74) is 3.11. The number of ether oxygens (including phenoxy) is 1. The fourth-order valence-electron chi connectivity index (χ4n) is 3.32. The maximum Gasteiger partial charge on any atom is 0.414 e. The van der Waals surface area contributed by atoms with E-state index in [0.29, 0.717) is 19.7 Å². The van der Waals surface area contributed by atoms with Gasteiger partial charge in [0.1, 0.15) is 6.10 Å². The lowest BCUT2D eigenvalue weighted by atomic mass is 10.1. The van der Waals surface area contributed by atoms with Crippen LogP contribution >= 0.6 is 0 Å². The van der Waals surface area contributed by atoms with Gasteiger partial charge in [-0.1, -0.05) is 20.8 Å². The highest BCUT2D eigenvalue weighted by Crippen LogP contribution is 2.37. The summed E-state index contributed by atoms with van der Waals surface area (Å²) < 4.78 is 11.7. The van der Waals surface area contributed by atoms with Crippen LogP contribution in [-0.2, 0) is 20.4 Å². The third kappa shape index (κ3) is 4.92. The molecule has 1 fully saturated rings. The van der Waals surface area contributed by atoms with E-state index in [0.717, 1.165) is 17.8 Å². The first kappa shape index (κ1) is 21.6. The first-order valence-electron chi connectivity index (χ1n) is 10.2. The van der Waals surface area contributed by atoms with Gasteiger partial charge in [0.25, 0.3) is 0 Å². The minimum atomic E-state index is -1.78. The summed E-state index contributed by atoms with van der Waals surface area (Å²) in [6, 6.07) is 6.25. The molecule has 2 amide bonds. The number of amides is 2. The minimum absolute atomic E-state index is 0.130. The molecule has 2 aliphatic rings. The fourth-order valence-corrected chi connectivity index (χ4v) is 4.37. The molecule has 2 N–H and O–H groups in total. The Bertz CT molecular complexity index is 791. The van der Waals surface area contributed by atoms with Crippen molar-refractivity contribution in [2.24, 2.45) is 0 Å². The molecule has 1 aromatic carbocycles. The lowest BCUT2D eigenvalue weighted by Crippen LogP contribution is -2.43. The van der Waals surface area contributed by atoms with Gasteiger partial charge in [-0.25, -0.2) is 4.79 Å². The van der Waals surface area contributed by atoms with Gasteiger partial charge in [0.05, 0.1) is 25.7 Å². The molecule has 2 heterocycles. The van der Waals surface area contributed by atoms with Crippen LogP contribution in [0.15, 0.2) is 18.2 Å². The molecule has 1 saturated heterocycles. The number of nitrogens with zero attached hydrogens (tertiary/aromatic N) is 1. The molecular weight excluding hydrogens is 386 g/mol. The van der Waals surface area contributed by atoms with Crippen LogP contribution in [0.3, 0.4) is 0 Å². The number of carbonyl (C=O) groups excluding carboxylic acids is 2. The molecule has 7 nitrogen and oxygen atoms in total. The van der Waals surface area contributed by atoms with Gasteiger partial charge in [0.15, 0.2) is 8.32 Å². The minimum Gasteiger partial charge on any atom is -0.442 e. The van der Waals surface area contributed by atoms with Crippen LogP contribution in [0.25, 0.3) is 0 Å². The summed E-state index contributed by atoms with van der Waals surface area (Å²) in [6.07, 6.45) is 0.170. The van der Waals surface area contributed by atoms with Gasteiger partial charge in [-0.15, -0.1) is 0 Å². The van der Waals surface area contributed by atoms with Crippen molar-refractivity contribution in [1.29, 1.82) is 0 Å². The molecule has 0 radical (unpaired) electrons. The summed E-state index contributed by atoms with van der Waals surface area (Å²) in [6.45, 7) is 14.2. The highest BCUT2D eigenvalue weighted by Gasteiger charge is 2.38. The van der Waals surface area contributed by atoms with Crippen LogP contribution in [-0.4, -0.2) is 52.2 Å². The summed E-state index contributed by atoms with van der Waals surface area (Å²) in [5.74, 6) is -0.130. The molecule has 0 saturated carbocycles. The third-order valence-corrected chi connectivity index (χ3v) is 10.6. The average molecular weight is 420 g/mol. The number of fused-ring (bicyclic) bond motifs is 1. The predicted molar refractivity (Wildman–Crippen MR) is 117 cm³/mol. The van der Waals surface area contributed by atoms with E-state index >= 15 is 0 Å². The van der Waals surface area contributed by atoms with Crippen LogP contribution in [0.2, 0.25) is 18.1 Å². The van der Waals surface area contributed by atoms with Gasteiger partial charge in [-0.05, 0) is 48.3 Å². The Morgan fingerprint density at radius 2 is 2.10 bits per heavy atom. The van der Waals surface area contributed by atoms with E-state index in [1.807, 2.05) is 12.1 Å². The van der Waals surface area contributed by atoms with Gasteiger partial charge in [-0.2, -0.15) is 0 Å².